The topological polar surface area (TPSA) is 0 Å². The summed E-state index contributed by atoms with van der Waals surface area (Å²) in [7, 11) is -0.858. The van der Waals surface area contributed by atoms with Gasteiger partial charge in [-0.05, 0) is 18.4 Å². The van der Waals surface area contributed by atoms with Crippen LogP contribution in [0, 0.1) is 0 Å². The van der Waals surface area contributed by atoms with Gasteiger partial charge < -0.3 is 0 Å². The van der Waals surface area contributed by atoms with Gasteiger partial charge in [-0.15, -0.1) is 12.3 Å². The van der Waals surface area contributed by atoms with E-state index >= 15 is 0 Å². The Hall–Kier alpha value is -0.823. The fourth-order valence-corrected chi connectivity index (χ4v) is 3.19. The average Bonchev–Trinajstić information content (AvgIpc) is 2.25. The second-order valence-corrected chi connectivity index (χ2v) is 6.50. The fourth-order valence-electron chi connectivity index (χ4n) is 1.70. The first-order valence-electron chi connectivity index (χ1n) is 5.50. The first-order chi connectivity index (χ1) is 6.79. The van der Waals surface area contributed by atoms with Gasteiger partial charge in [-0.25, -0.2) is 0 Å². The third-order valence-corrected chi connectivity index (χ3v) is 4.95. The molecular formula is C13H20Si. The molecule has 1 aromatic rings. The molecule has 0 bridgehead atoms. The summed E-state index contributed by atoms with van der Waals surface area (Å²) in [6.07, 6.45) is 3.81. The third-order valence-electron chi connectivity index (χ3n) is 2.70. The molecule has 0 saturated heterocycles. The van der Waals surface area contributed by atoms with Crippen LogP contribution in [0.2, 0.25) is 6.55 Å². The lowest BCUT2D eigenvalue weighted by molar-refractivity contribution is 0.797. The zero-order valence-corrected chi connectivity index (χ0v) is 10.4. The third kappa shape index (κ3) is 2.84. The van der Waals surface area contributed by atoms with E-state index in [4.69, 9.17) is 0 Å². The van der Waals surface area contributed by atoms with E-state index in [-0.39, 0.29) is 0 Å². The normalized spacial score (nSPS) is 12.4. The van der Waals surface area contributed by atoms with Crippen molar-refractivity contribution in [1.82, 2.24) is 0 Å². The van der Waals surface area contributed by atoms with Gasteiger partial charge in [0.05, 0.1) is 8.80 Å². The Labute approximate surface area is 89.3 Å². The minimum Gasteiger partial charge on any atom is -0.107 e. The molecule has 0 N–H and O–H groups in total. The van der Waals surface area contributed by atoms with E-state index in [1.54, 1.807) is 10.8 Å². The van der Waals surface area contributed by atoms with Gasteiger partial charge in [0.1, 0.15) is 0 Å². The van der Waals surface area contributed by atoms with Crippen molar-refractivity contribution in [2.45, 2.75) is 32.7 Å². The highest BCUT2D eigenvalue weighted by atomic mass is 28.3. The van der Waals surface area contributed by atoms with E-state index in [2.05, 4.69) is 50.0 Å². The molecule has 1 heteroatoms. The molecule has 0 nitrogen and oxygen atoms in total. The van der Waals surface area contributed by atoms with Crippen LogP contribution in [0.25, 0.3) is 0 Å². The first kappa shape index (κ1) is 11.3. The van der Waals surface area contributed by atoms with E-state index in [1.807, 2.05) is 0 Å². The molecule has 0 aliphatic rings. The summed E-state index contributed by atoms with van der Waals surface area (Å²) in [6.45, 7) is 8.51. The van der Waals surface area contributed by atoms with E-state index in [0.717, 1.165) is 0 Å². The Balaban J connectivity index is 2.85. The zero-order chi connectivity index (χ0) is 10.4. The maximum absolute atomic E-state index is 3.92. The molecule has 0 fully saturated rings. The SMILES string of the molecule is C=C[SiH](C)c1ccccc1CCCC. The fraction of sp³-hybridized carbons (Fsp3) is 0.385. The molecule has 1 atom stereocenters. The van der Waals surface area contributed by atoms with Crippen LogP contribution in [0.1, 0.15) is 25.3 Å². The number of rotatable bonds is 5. The summed E-state index contributed by atoms with van der Waals surface area (Å²) in [5.41, 5.74) is 3.71. The number of aryl methyl sites for hydroxylation is 1. The van der Waals surface area contributed by atoms with Crippen molar-refractivity contribution >= 4 is 14.0 Å². The van der Waals surface area contributed by atoms with E-state index in [1.165, 1.54) is 19.3 Å². The van der Waals surface area contributed by atoms with E-state index in [0.29, 0.717) is 0 Å². The van der Waals surface area contributed by atoms with E-state index < -0.39 is 8.80 Å². The van der Waals surface area contributed by atoms with Gasteiger partial charge in [-0.1, -0.05) is 49.3 Å². The van der Waals surface area contributed by atoms with Crippen molar-refractivity contribution in [3.8, 4) is 0 Å². The van der Waals surface area contributed by atoms with Gasteiger partial charge in [0.2, 0.25) is 0 Å². The van der Waals surface area contributed by atoms with Gasteiger partial charge in [0.15, 0.2) is 0 Å². The summed E-state index contributed by atoms with van der Waals surface area (Å²) < 4.78 is 0. The Morgan fingerprint density at radius 2 is 2.07 bits per heavy atom. The van der Waals surface area contributed by atoms with Crippen molar-refractivity contribution in [1.29, 1.82) is 0 Å². The van der Waals surface area contributed by atoms with Gasteiger partial charge in [0.25, 0.3) is 0 Å². The molecular weight excluding hydrogens is 184 g/mol. The van der Waals surface area contributed by atoms with Crippen molar-refractivity contribution in [3.63, 3.8) is 0 Å². The number of hydrogen-bond donors (Lipinski definition) is 0. The number of unbranched alkanes of at least 4 members (excludes halogenated alkanes) is 1. The highest BCUT2D eigenvalue weighted by molar-refractivity contribution is 6.76. The summed E-state index contributed by atoms with van der Waals surface area (Å²) in [5.74, 6) is 0. The van der Waals surface area contributed by atoms with E-state index in [9.17, 15) is 0 Å². The lowest BCUT2D eigenvalue weighted by Crippen LogP contribution is -2.27. The van der Waals surface area contributed by atoms with Crippen LogP contribution in [-0.4, -0.2) is 8.80 Å². The Morgan fingerprint density at radius 1 is 1.36 bits per heavy atom. The number of benzene rings is 1. The van der Waals surface area contributed by atoms with Gasteiger partial charge in [-0.2, -0.15) is 0 Å². The monoisotopic (exact) mass is 204 g/mol. The Bertz CT molecular complexity index is 291. The van der Waals surface area contributed by atoms with Crippen molar-refractivity contribution in [3.05, 3.63) is 42.1 Å². The molecule has 0 aliphatic carbocycles. The lowest BCUT2D eigenvalue weighted by atomic mass is 10.1. The van der Waals surface area contributed by atoms with Gasteiger partial charge >= 0.3 is 0 Å². The van der Waals surface area contributed by atoms with Crippen LogP contribution in [0.4, 0.5) is 0 Å². The lowest BCUT2D eigenvalue weighted by Gasteiger charge is -2.11. The number of hydrogen-bond acceptors (Lipinski definition) is 0. The van der Waals surface area contributed by atoms with Crippen LogP contribution >= 0.6 is 0 Å². The maximum Gasteiger partial charge on any atom is 0.0907 e. The molecule has 1 aromatic carbocycles. The molecule has 0 saturated carbocycles. The molecule has 0 amide bonds. The molecule has 14 heavy (non-hydrogen) atoms. The van der Waals surface area contributed by atoms with Gasteiger partial charge in [0, 0.05) is 0 Å². The molecule has 0 aliphatic heterocycles. The molecule has 0 heterocycles. The van der Waals surface area contributed by atoms with Gasteiger partial charge in [-0.3, -0.25) is 0 Å². The highest BCUT2D eigenvalue weighted by Crippen LogP contribution is 2.04. The Kier molecular flexibility index (Phi) is 4.67. The van der Waals surface area contributed by atoms with Crippen molar-refractivity contribution < 1.29 is 0 Å². The van der Waals surface area contributed by atoms with Crippen LogP contribution in [-0.2, 0) is 6.42 Å². The standard InChI is InChI=1S/C13H20Si/c1-4-6-9-12-10-7-8-11-13(12)14(3)5-2/h5,7-8,10-11,14H,2,4,6,9H2,1,3H3. The minimum atomic E-state index is -0.858. The Morgan fingerprint density at radius 3 is 2.71 bits per heavy atom. The molecule has 0 radical (unpaired) electrons. The average molecular weight is 204 g/mol. The van der Waals surface area contributed by atoms with Crippen LogP contribution in [0.3, 0.4) is 0 Å². The van der Waals surface area contributed by atoms with Crippen molar-refractivity contribution in [2.24, 2.45) is 0 Å². The summed E-state index contributed by atoms with van der Waals surface area (Å²) in [4.78, 5) is 0. The zero-order valence-electron chi connectivity index (χ0n) is 9.29. The molecule has 76 valence electrons. The molecule has 1 rings (SSSR count). The predicted molar refractivity (Wildman–Crippen MR) is 67.9 cm³/mol. The highest BCUT2D eigenvalue weighted by Gasteiger charge is 2.07. The second kappa shape index (κ2) is 5.81. The molecule has 0 spiro atoms. The minimum absolute atomic E-state index is 0.858. The van der Waals surface area contributed by atoms with Crippen LogP contribution in [0.5, 0.6) is 0 Å². The second-order valence-electron chi connectivity index (χ2n) is 3.83. The summed E-state index contributed by atoms with van der Waals surface area (Å²) >= 11 is 0. The van der Waals surface area contributed by atoms with Crippen LogP contribution < -0.4 is 5.19 Å². The summed E-state index contributed by atoms with van der Waals surface area (Å²) in [6, 6.07) is 8.86. The first-order valence-corrected chi connectivity index (χ1v) is 7.89. The quantitative estimate of drug-likeness (QED) is 0.647. The van der Waals surface area contributed by atoms with Crippen LogP contribution in [0.15, 0.2) is 36.5 Å². The van der Waals surface area contributed by atoms with Crippen molar-refractivity contribution in [2.75, 3.05) is 0 Å². The predicted octanol–water partition coefficient (Wildman–Crippen LogP) is 2.82. The smallest absolute Gasteiger partial charge is 0.0907 e. The maximum atomic E-state index is 3.92. The molecule has 1 unspecified atom stereocenters. The largest absolute Gasteiger partial charge is 0.107 e. The summed E-state index contributed by atoms with van der Waals surface area (Å²) in [5, 5.41) is 1.58. The molecule has 0 aromatic heterocycles.